The molecule has 0 spiro atoms. The Morgan fingerprint density at radius 2 is 2.20 bits per heavy atom. The zero-order chi connectivity index (χ0) is 11.6. The van der Waals surface area contributed by atoms with E-state index in [0.717, 1.165) is 6.07 Å². The standard InChI is InChI=1S/C8H8F2N2O3/c1-4-7(15-2)5(8(9)10)3-6(11-4)12(13)14/h3,8H,1-2H3. The Hall–Kier alpha value is -1.79. The molecule has 7 heteroatoms. The summed E-state index contributed by atoms with van der Waals surface area (Å²) in [6.07, 6.45) is -2.83. The lowest BCUT2D eigenvalue weighted by Gasteiger charge is -2.07. The van der Waals surface area contributed by atoms with Crippen molar-refractivity contribution in [3.05, 3.63) is 27.4 Å². The monoisotopic (exact) mass is 218 g/mol. The minimum Gasteiger partial charge on any atom is -0.492 e. The molecule has 0 unspecified atom stereocenters. The summed E-state index contributed by atoms with van der Waals surface area (Å²) < 4.78 is 29.7. The number of nitrogens with zero attached hydrogens (tertiary/aromatic N) is 2. The first-order valence-electron chi connectivity index (χ1n) is 3.95. The Labute approximate surface area is 83.8 Å². The van der Waals surface area contributed by atoms with Crippen molar-refractivity contribution in [3.63, 3.8) is 0 Å². The molecular formula is C8H8F2N2O3. The number of ether oxygens (including phenoxy) is 1. The molecule has 82 valence electrons. The summed E-state index contributed by atoms with van der Waals surface area (Å²) in [4.78, 5) is 13.1. The Kier molecular flexibility index (Phi) is 3.13. The zero-order valence-electron chi connectivity index (χ0n) is 8.03. The van der Waals surface area contributed by atoms with Gasteiger partial charge in [0.25, 0.3) is 6.43 Å². The van der Waals surface area contributed by atoms with E-state index in [4.69, 9.17) is 4.74 Å². The van der Waals surface area contributed by atoms with Crippen molar-refractivity contribution in [2.24, 2.45) is 0 Å². The summed E-state index contributed by atoms with van der Waals surface area (Å²) in [5, 5.41) is 10.4. The molecule has 0 aliphatic carbocycles. The molecule has 15 heavy (non-hydrogen) atoms. The van der Waals surface area contributed by atoms with E-state index >= 15 is 0 Å². The number of aromatic nitrogens is 1. The van der Waals surface area contributed by atoms with Gasteiger partial charge in [0, 0.05) is 13.0 Å². The Morgan fingerprint density at radius 1 is 1.60 bits per heavy atom. The maximum Gasteiger partial charge on any atom is 0.364 e. The fraction of sp³-hybridized carbons (Fsp3) is 0.375. The van der Waals surface area contributed by atoms with E-state index in [0.29, 0.717) is 0 Å². The highest BCUT2D eigenvalue weighted by molar-refractivity contribution is 5.43. The number of nitro groups is 1. The molecule has 0 radical (unpaired) electrons. The maximum atomic E-state index is 12.5. The Balaban J connectivity index is 3.38. The predicted octanol–water partition coefficient (Wildman–Crippen LogP) is 2.24. The minimum atomic E-state index is -2.83. The lowest BCUT2D eigenvalue weighted by atomic mass is 10.2. The summed E-state index contributed by atoms with van der Waals surface area (Å²) in [5.41, 5.74) is -0.446. The van der Waals surface area contributed by atoms with Crippen molar-refractivity contribution >= 4 is 5.82 Å². The fourth-order valence-corrected chi connectivity index (χ4v) is 1.19. The van der Waals surface area contributed by atoms with Crippen LogP contribution >= 0.6 is 0 Å². The van der Waals surface area contributed by atoms with E-state index in [1.54, 1.807) is 0 Å². The number of methoxy groups -OCH3 is 1. The number of hydrogen-bond acceptors (Lipinski definition) is 4. The van der Waals surface area contributed by atoms with Gasteiger partial charge >= 0.3 is 5.82 Å². The molecule has 0 saturated carbocycles. The maximum absolute atomic E-state index is 12.5. The first-order valence-corrected chi connectivity index (χ1v) is 3.95. The van der Waals surface area contributed by atoms with E-state index in [-0.39, 0.29) is 11.4 Å². The molecular weight excluding hydrogens is 210 g/mol. The van der Waals surface area contributed by atoms with Crippen LogP contribution in [0.4, 0.5) is 14.6 Å². The molecule has 0 aromatic carbocycles. The van der Waals surface area contributed by atoms with E-state index in [1.807, 2.05) is 0 Å². The van der Waals surface area contributed by atoms with Crippen LogP contribution in [0.2, 0.25) is 0 Å². The molecule has 0 bridgehead atoms. The molecule has 0 N–H and O–H groups in total. The van der Waals surface area contributed by atoms with Gasteiger partial charge in [-0.05, 0) is 9.91 Å². The first-order chi connectivity index (χ1) is 6.97. The summed E-state index contributed by atoms with van der Waals surface area (Å²) in [7, 11) is 1.21. The van der Waals surface area contributed by atoms with E-state index in [1.165, 1.54) is 14.0 Å². The lowest BCUT2D eigenvalue weighted by Crippen LogP contribution is -2.01. The molecule has 0 saturated heterocycles. The first kappa shape index (κ1) is 11.3. The molecule has 0 aliphatic heterocycles. The molecule has 0 aliphatic rings. The van der Waals surface area contributed by atoms with Gasteiger partial charge in [0.15, 0.2) is 11.4 Å². The van der Waals surface area contributed by atoms with Gasteiger partial charge in [0.2, 0.25) is 0 Å². The zero-order valence-corrected chi connectivity index (χ0v) is 8.03. The average Bonchev–Trinajstić information content (AvgIpc) is 2.16. The highest BCUT2D eigenvalue weighted by Gasteiger charge is 2.23. The van der Waals surface area contributed by atoms with Gasteiger partial charge in [0.1, 0.15) is 0 Å². The molecule has 1 heterocycles. The number of hydrogen-bond donors (Lipinski definition) is 0. The third-order valence-corrected chi connectivity index (χ3v) is 1.78. The highest BCUT2D eigenvalue weighted by Crippen LogP contribution is 2.33. The number of alkyl halides is 2. The molecule has 1 rings (SSSR count). The summed E-state index contributed by atoms with van der Waals surface area (Å²) >= 11 is 0. The second-order valence-corrected chi connectivity index (χ2v) is 2.75. The van der Waals surface area contributed by atoms with E-state index < -0.39 is 22.7 Å². The van der Waals surface area contributed by atoms with Crippen LogP contribution in [0.15, 0.2) is 6.07 Å². The van der Waals surface area contributed by atoms with Gasteiger partial charge in [-0.1, -0.05) is 0 Å². The normalized spacial score (nSPS) is 10.5. The van der Waals surface area contributed by atoms with Crippen molar-refractivity contribution in [2.45, 2.75) is 13.3 Å². The van der Waals surface area contributed by atoms with Gasteiger partial charge in [-0.15, -0.1) is 0 Å². The van der Waals surface area contributed by atoms with Gasteiger partial charge in [-0.3, -0.25) is 0 Å². The SMILES string of the molecule is COc1c(C(F)F)cc([N+](=O)[O-])nc1C. The number of pyridine rings is 1. The molecule has 1 aromatic heterocycles. The largest absolute Gasteiger partial charge is 0.492 e. The van der Waals surface area contributed by atoms with Crippen molar-refractivity contribution in [3.8, 4) is 5.75 Å². The minimum absolute atomic E-state index is 0.0713. The van der Waals surface area contributed by atoms with Crippen LogP contribution in [0.5, 0.6) is 5.75 Å². The number of halogens is 2. The van der Waals surface area contributed by atoms with Crippen LogP contribution in [-0.4, -0.2) is 17.0 Å². The van der Waals surface area contributed by atoms with Gasteiger partial charge in [-0.25, -0.2) is 8.78 Å². The molecule has 0 atom stereocenters. The average molecular weight is 218 g/mol. The molecule has 5 nitrogen and oxygen atoms in total. The van der Waals surface area contributed by atoms with Crippen LogP contribution in [0.3, 0.4) is 0 Å². The van der Waals surface area contributed by atoms with Crippen molar-refractivity contribution < 1.29 is 18.4 Å². The van der Waals surface area contributed by atoms with Crippen LogP contribution in [0.25, 0.3) is 0 Å². The molecule has 0 amide bonds. The summed E-state index contributed by atoms with van der Waals surface area (Å²) in [6.45, 7) is 1.37. The second-order valence-electron chi connectivity index (χ2n) is 2.75. The molecule has 1 aromatic rings. The van der Waals surface area contributed by atoms with Crippen LogP contribution < -0.4 is 4.74 Å². The third kappa shape index (κ3) is 2.17. The van der Waals surface area contributed by atoms with Gasteiger partial charge in [-0.2, -0.15) is 0 Å². The second kappa shape index (κ2) is 4.16. The predicted molar refractivity (Wildman–Crippen MR) is 47.1 cm³/mol. The van der Waals surface area contributed by atoms with Gasteiger partial charge < -0.3 is 14.9 Å². The Bertz CT molecular complexity index is 396. The van der Waals surface area contributed by atoms with Gasteiger partial charge in [0.05, 0.1) is 12.7 Å². The number of rotatable bonds is 3. The Morgan fingerprint density at radius 3 is 2.60 bits per heavy atom. The van der Waals surface area contributed by atoms with Crippen molar-refractivity contribution in [1.29, 1.82) is 0 Å². The lowest BCUT2D eigenvalue weighted by molar-refractivity contribution is -0.389. The third-order valence-electron chi connectivity index (χ3n) is 1.78. The molecule has 0 fully saturated rings. The highest BCUT2D eigenvalue weighted by atomic mass is 19.3. The van der Waals surface area contributed by atoms with Crippen molar-refractivity contribution in [2.75, 3.05) is 7.11 Å². The summed E-state index contributed by atoms with van der Waals surface area (Å²) in [5.74, 6) is -0.723. The fourth-order valence-electron chi connectivity index (χ4n) is 1.19. The van der Waals surface area contributed by atoms with E-state index in [2.05, 4.69) is 4.98 Å². The van der Waals surface area contributed by atoms with Crippen LogP contribution in [-0.2, 0) is 0 Å². The van der Waals surface area contributed by atoms with Crippen LogP contribution in [0, 0.1) is 17.0 Å². The number of aryl methyl sites for hydroxylation is 1. The summed E-state index contributed by atoms with van der Waals surface area (Å²) in [6, 6.07) is 0.719. The van der Waals surface area contributed by atoms with Crippen molar-refractivity contribution in [1.82, 2.24) is 4.98 Å². The van der Waals surface area contributed by atoms with Crippen LogP contribution in [0.1, 0.15) is 17.7 Å². The van der Waals surface area contributed by atoms with E-state index in [9.17, 15) is 18.9 Å². The quantitative estimate of drug-likeness (QED) is 0.576. The topological polar surface area (TPSA) is 65.3 Å². The smallest absolute Gasteiger partial charge is 0.364 e.